The normalized spacial score (nSPS) is 13.9. The van der Waals surface area contributed by atoms with Crippen molar-refractivity contribution in [1.29, 1.82) is 0 Å². The molecule has 0 fully saturated rings. The van der Waals surface area contributed by atoms with Crippen molar-refractivity contribution in [3.8, 4) is 17.1 Å². The lowest BCUT2D eigenvalue weighted by atomic mass is 10.1. The molecule has 7 heteroatoms. The number of fused-ring (bicyclic) bond motifs is 1. The molecule has 0 aliphatic carbocycles. The molecule has 0 unspecified atom stereocenters. The van der Waals surface area contributed by atoms with Gasteiger partial charge in [-0.2, -0.15) is 0 Å². The highest BCUT2D eigenvalue weighted by atomic mass is 32.2. The first-order valence-corrected chi connectivity index (χ1v) is 10.7. The van der Waals surface area contributed by atoms with Gasteiger partial charge in [0.25, 0.3) is 10.0 Å². The molecule has 3 aromatic rings. The van der Waals surface area contributed by atoms with Gasteiger partial charge in [0.2, 0.25) is 0 Å². The van der Waals surface area contributed by atoms with E-state index < -0.39 is 10.0 Å². The summed E-state index contributed by atoms with van der Waals surface area (Å²) in [7, 11) is -3.77. The van der Waals surface area contributed by atoms with E-state index in [-0.39, 0.29) is 11.4 Å². The zero-order chi connectivity index (χ0) is 19.9. The minimum atomic E-state index is -3.77. The smallest absolute Gasteiger partial charge is 0.264 e. The Morgan fingerprint density at radius 1 is 1.14 bits per heavy atom. The molecular formula is C21H22N2O4S. The number of hydrogen-bond donors (Lipinski definition) is 0. The van der Waals surface area contributed by atoms with Crippen molar-refractivity contribution in [1.82, 2.24) is 5.16 Å². The highest BCUT2D eigenvalue weighted by Gasteiger charge is 2.33. The van der Waals surface area contributed by atoms with E-state index in [1.54, 1.807) is 18.2 Å². The maximum atomic E-state index is 13.7. The number of ether oxygens (including phenoxy) is 1. The summed E-state index contributed by atoms with van der Waals surface area (Å²) >= 11 is 0. The van der Waals surface area contributed by atoms with E-state index >= 15 is 0 Å². The topological polar surface area (TPSA) is 72.6 Å². The Morgan fingerprint density at radius 3 is 2.68 bits per heavy atom. The lowest BCUT2D eigenvalue weighted by Crippen LogP contribution is -2.38. The second-order valence-corrected chi connectivity index (χ2v) is 8.69. The summed E-state index contributed by atoms with van der Waals surface area (Å²) in [5.74, 6) is 1.14. The number of para-hydroxylation sites is 1. The molecule has 1 aliphatic rings. The molecule has 0 N–H and O–H groups in total. The summed E-state index contributed by atoms with van der Waals surface area (Å²) in [5, 5.41) is 3.91. The first-order chi connectivity index (χ1) is 13.4. The van der Waals surface area contributed by atoms with Crippen molar-refractivity contribution in [2.45, 2.75) is 32.1 Å². The van der Waals surface area contributed by atoms with Gasteiger partial charge < -0.3 is 9.26 Å². The number of aryl methyl sites for hydroxylation is 3. The van der Waals surface area contributed by atoms with E-state index in [9.17, 15) is 8.42 Å². The molecule has 0 radical (unpaired) electrons. The minimum absolute atomic E-state index is 0.273. The van der Waals surface area contributed by atoms with E-state index in [2.05, 4.69) is 5.16 Å². The highest BCUT2D eigenvalue weighted by molar-refractivity contribution is 7.93. The zero-order valence-corrected chi connectivity index (χ0v) is 16.9. The number of aromatic nitrogens is 1. The number of benzene rings is 2. The molecule has 28 heavy (non-hydrogen) atoms. The van der Waals surface area contributed by atoms with Crippen molar-refractivity contribution in [2.24, 2.45) is 0 Å². The molecule has 0 spiro atoms. The number of rotatable bonds is 4. The van der Waals surface area contributed by atoms with Crippen LogP contribution in [0.1, 0.15) is 23.7 Å². The third-order valence-electron chi connectivity index (χ3n) is 4.93. The quantitative estimate of drug-likeness (QED) is 0.661. The van der Waals surface area contributed by atoms with Crippen LogP contribution in [-0.2, 0) is 16.4 Å². The number of nitrogens with zero attached hydrogens (tertiary/aromatic N) is 2. The van der Waals surface area contributed by atoms with Crippen LogP contribution < -0.4 is 9.04 Å². The molecule has 4 rings (SSSR count). The van der Waals surface area contributed by atoms with Crippen LogP contribution in [0.2, 0.25) is 0 Å². The Morgan fingerprint density at radius 2 is 1.96 bits per heavy atom. The lowest BCUT2D eigenvalue weighted by molar-refractivity contribution is 0.315. The van der Waals surface area contributed by atoms with E-state index in [0.29, 0.717) is 35.8 Å². The van der Waals surface area contributed by atoms with Gasteiger partial charge >= 0.3 is 0 Å². The summed E-state index contributed by atoms with van der Waals surface area (Å²) in [4.78, 5) is 0.289. The number of anilines is 1. The number of hydrogen-bond acceptors (Lipinski definition) is 5. The zero-order valence-electron chi connectivity index (χ0n) is 16.1. The van der Waals surface area contributed by atoms with E-state index in [0.717, 1.165) is 16.8 Å². The predicted molar refractivity (Wildman–Crippen MR) is 107 cm³/mol. The van der Waals surface area contributed by atoms with Crippen molar-refractivity contribution in [2.75, 3.05) is 17.5 Å². The first kappa shape index (κ1) is 18.6. The summed E-state index contributed by atoms with van der Waals surface area (Å²) < 4.78 is 39.9. The first-order valence-electron chi connectivity index (χ1n) is 9.23. The second kappa shape index (κ2) is 6.98. The van der Waals surface area contributed by atoms with Gasteiger partial charge in [0.15, 0.2) is 5.76 Å². The standard InChI is InChI=1S/C21H22N2O4S/c1-4-16-8-9-17(19-12-15(3)22-27-19)13-20(16)28(24,25)23-10-11-26-18-7-5-6-14(2)21(18)23/h5-9,12-13H,4,10-11H2,1-3H3. The summed E-state index contributed by atoms with van der Waals surface area (Å²) in [6.45, 7) is 6.27. The lowest BCUT2D eigenvalue weighted by Gasteiger charge is -2.32. The molecule has 1 aromatic heterocycles. The van der Waals surface area contributed by atoms with Gasteiger partial charge in [-0.1, -0.05) is 36.3 Å². The molecule has 0 atom stereocenters. The molecule has 0 saturated carbocycles. The van der Waals surface area contributed by atoms with Crippen LogP contribution in [0.3, 0.4) is 0 Å². The van der Waals surface area contributed by atoms with Crippen LogP contribution >= 0.6 is 0 Å². The summed E-state index contributed by atoms with van der Waals surface area (Å²) in [5.41, 5.74) is 3.67. The SMILES string of the molecule is CCc1ccc(-c2cc(C)no2)cc1S(=O)(=O)N1CCOc2cccc(C)c21. The molecular weight excluding hydrogens is 376 g/mol. The average molecular weight is 398 g/mol. The second-order valence-electron chi connectivity index (χ2n) is 6.86. The maximum Gasteiger partial charge on any atom is 0.264 e. The van der Waals surface area contributed by atoms with Crippen LogP contribution in [0.15, 0.2) is 51.9 Å². The number of sulfonamides is 1. The van der Waals surface area contributed by atoms with Crippen LogP contribution in [0.25, 0.3) is 11.3 Å². The average Bonchev–Trinajstić information content (AvgIpc) is 3.13. The highest BCUT2D eigenvalue weighted by Crippen LogP contribution is 2.39. The Hall–Kier alpha value is -2.80. The largest absolute Gasteiger partial charge is 0.489 e. The van der Waals surface area contributed by atoms with Gasteiger partial charge in [0.05, 0.1) is 22.8 Å². The fourth-order valence-corrected chi connectivity index (χ4v) is 5.36. The Balaban J connectivity index is 1.87. The van der Waals surface area contributed by atoms with Crippen molar-refractivity contribution >= 4 is 15.7 Å². The molecule has 0 amide bonds. The van der Waals surface area contributed by atoms with Gasteiger partial charge in [-0.25, -0.2) is 8.42 Å². The monoisotopic (exact) mass is 398 g/mol. The summed E-state index contributed by atoms with van der Waals surface area (Å²) in [6.07, 6.45) is 0.606. The van der Waals surface area contributed by atoms with Crippen molar-refractivity contribution in [3.63, 3.8) is 0 Å². The molecule has 2 aromatic carbocycles. The van der Waals surface area contributed by atoms with Crippen molar-refractivity contribution < 1.29 is 17.7 Å². The van der Waals surface area contributed by atoms with Gasteiger partial charge in [-0.05, 0) is 43.5 Å². The van der Waals surface area contributed by atoms with Crippen LogP contribution in [0.4, 0.5) is 5.69 Å². The predicted octanol–water partition coefficient (Wildman–Crippen LogP) is 4.11. The maximum absolute atomic E-state index is 13.7. The molecule has 6 nitrogen and oxygen atoms in total. The van der Waals surface area contributed by atoms with Gasteiger partial charge in [0.1, 0.15) is 12.4 Å². The van der Waals surface area contributed by atoms with Gasteiger partial charge in [0, 0.05) is 11.6 Å². The molecule has 2 heterocycles. The fourth-order valence-electron chi connectivity index (χ4n) is 3.52. The van der Waals surface area contributed by atoms with E-state index in [1.807, 2.05) is 45.0 Å². The third kappa shape index (κ3) is 3.05. The Kier molecular flexibility index (Phi) is 4.63. The molecule has 146 valence electrons. The van der Waals surface area contributed by atoms with E-state index in [1.165, 1.54) is 4.31 Å². The van der Waals surface area contributed by atoms with Gasteiger partial charge in [-0.3, -0.25) is 4.31 Å². The molecule has 1 aliphatic heterocycles. The molecule has 0 saturated heterocycles. The Bertz CT molecular complexity index is 1140. The third-order valence-corrected chi connectivity index (χ3v) is 6.81. The minimum Gasteiger partial charge on any atom is -0.489 e. The Labute approximate surface area is 164 Å². The van der Waals surface area contributed by atoms with Crippen LogP contribution in [0.5, 0.6) is 5.75 Å². The van der Waals surface area contributed by atoms with Crippen LogP contribution in [0, 0.1) is 13.8 Å². The molecule has 0 bridgehead atoms. The summed E-state index contributed by atoms with van der Waals surface area (Å²) in [6, 6.07) is 12.8. The van der Waals surface area contributed by atoms with Crippen LogP contribution in [-0.4, -0.2) is 26.7 Å². The van der Waals surface area contributed by atoms with E-state index in [4.69, 9.17) is 9.26 Å². The van der Waals surface area contributed by atoms with Crippen molar-refractivity contribution in [3.05, 3.63) is 59.3 Å². The van der Waals surface area contributed by atoms with Gasteiger partial charge in [-0.15, -0.1) is 0 Å². The fraction of sp³-hybridized carbons (Fsp3) is 0.286.